The summed E-state index contributed by atoms with van der Waals surface area (Å²) in [6, 6.07) is 0. The van der Waals surface area contributed by atoms with Crippen molar-refractivity contribution in [2.75, 3.05) is 39.4 Å². The first-order valence-electron chi connectivity index (χ1n) is 5.92. The van der Waals surface area contributed by atoms with Crippen LogP contribution in [0.2, 0.25) is 0 Å². The van der Waals surface area contributed by atoms with Crippen molar-refractivity contribution in [1.29, 1.82) is 0 Å². The second-order valence-electron chi connectivity index (χ2n) is 4.41. The van der Waals surface area contributed by atoms with Crippen LogP contribution >= 0.6 is 0 Å². The van der Waals surface area contributed by atoms with Crippen molar-refractivity contribution in [1.82, 2.24) is 10.2 Å². The molecule has 0 radical (unpaired) electrons. The molecule has 0 spiro atoms. The SMILES string of the molecule is O=C(CC1CCNC1)N1CCCOCC1. The van der Waals surface area contributed by atoms with Crippen LogP contribution in [-0.2, 0) is 9.53 Å². The molecule has 0 aromatic heterocycles. The van der Waals surface area contributed by atoms with Crippen molar-refractivity contribution < 1.29 is 9.53 Å². The standard InChI is InChI=1S/C11H20N2O2/c14-11(8-10-2-3-12-9-10)13-4-1-6-15-7-5-13/h10,12H,1-9H2. The van der Waals surface area contributed by atoms with Gasteiger partial charge in [-0.25, -0.2) is 0 Å². The van der Waals surface area contributed by atoms with Crippen molar-refractivity contribution in [3.8, 4) is 0 Å². The van der Waals surface area contributed by atoms with Gasteiger partial charge in [-0.3, -0.25) is 4.79 Å². The maximum atomic E-state index is 11.9. The van der Waals surface area contributed by atoms with Crippen LogP contribution in [-0.4, -0.2) is 50.2 Å². The molecule has 2 heterocycles. The van der Waals surface area contributed by atoms with Crippen LogP contribution < -0.4 is 5.32 Å². The Kier molecular flexibility index (Phi) is 3.97. The van der Waals surface area contributed by atoms with E-state index in [1.807, 2.05) is 4.90 Å². The molecule has 1 amide bonds. The number of rotatable bonds is 2. The van der Waals surface area contributed by atoms with E-state index in [9.17, 15) is 4.79 Å². The summed E-state index contributed by atoms with van der Waals surface area (Å²) in [5, 5.41) is 3.30. The monoisotopic (exact) mass is 212 g/mol. The zero-order valence-corrected chi connectivity index (χ0v) is 9.21. The predicted molar refractivity (Wildman–Crippen MR) is 57.6 cm³/mol. The third-order valence-electron chi connectivity index (χ3n) is 3.20. The Bertz CT molecular complexity index is 207. The zero-order chi connectivity index (χ0) is 10.5. The topological polar surface area (TPSA) is 41.6 Å². The van der Waals surface area contributed by atoms with Gasteiger partial charge in [0.25, 0.3) is 0 Å². The third kappa shape index (κ3) is 3.18. The molecule has 2 aliphatic heterocycles. The molecule has 1 unspecified atom stereocenters. The Morgan fingerprint density at radius 1 is 1.40 bits per heavy atom. The highest BCUT2D eigenvalue weighted by atomic mass is 16.5. The molecule has 0 aromatic carbocycles. The van der Waals surface area contributed by atoms with Crippen LogP contribution in [0.5, 0.6) is 0 Å². The first-order valence-corrected chi connectivity index (χ1v) is 5.92. The molecule has 15 heavy (non-hydrogen) atoms. The van der Waals surface area contributed by atoms with Crippen LogP contribution in [0.3, 0.4) is 0 Å². The van der Waals surface area contributed by atoms with Crippen molar-refractivity contribution in [2.45, 2.75) is 19.3 Å². The van der Waals surface area contributed by atoms with Crippen LogP contribution in [0.4, 0.5) is 0 Å². The fourth-order valence-electron chi connectivity index (χ4n) is 2.26. The van der Waals surface area contributed by atoms with Crippen molar-refractivity contribution in [3.05, 3.63) is 0 Å². The van der Waals surface area contributed by atoms with Gasteiger partial charge in [0.15, 0.2) is 0 Å². The number of carbonyl (C=O) groups is 1. The minimum atomic E-state index is 0.314. The molecule has 86 valence electrons. The van der Waals surface area contributed by atoms with E-state index in [-0.39, 0.29) is 0 Å². The molecule has 4 heteroatoms. The summed E-state index contributed by atoms with van der Waals surface area (Å²) in [4.78, 5) is 13.9. The van der Waals surface area contributed by atoms with Crippen LogP contribution in [0.15, 0.2) is 0 Å². The van der Waals surface area contributed by atoms with Gasteiger partial charge in [-0.05, 0) is 31.8 Å². The first kappa shape index (κ1) is 10.9. The highest BCUT2D eigenvalue weighted by Gasteiger charge is 2.22. The fourth-order valence-corrected chi connectivity index (χ4v) is 2.26. The van der Waals surface area contributed by atoms with Gasteiger partial charge >= 0.3 is 0 Å². The molecule has 2 fully saturated rings. The van der Waals surface area contributed by atoms with Crippen LogP contribution in [0.25, 0.3) is 0 Å². The summed E-state index contributed by atoms with van der Waals surface area (Å²) in [7, 11) is 0. The largest absolute Gasteiger partial charge is 0.380 e. The zero-order valence-electron chi connectivity index (χ0n) is 9.21. The smallest absolute Gasteiger partial charge is 0.222 e. The quantitative estimate of drug-likeness (QED) is 0.712. The molecular weight excluding hydrogens is 192 g/mol. The molecule has 2 saturated heterocycles. The van der Waals surface area contributed by atoms with Gasteiger partial charge in [0.2, 0.25) is 5.91 Å². The average Bonchev–Trinajstić information content (AvgIpc) is 2.58. The fraction of sp³-hybridized carbons (Fsp3) is 0.909. The summed E-state index contributed by atoms with van der Waals surface area (Å²) >= 11 is 0. The number of nitrogens with one attached hydrogen (secondary N) is 1. The van der Waals surface area contributed by atoms with Crippen molar-refractivity contribution in [3.63, 3.8) is 0 Å². The van der Waals surface area contributed by atoms with Crippen LogP contribution in [0.1, 0.15) is 19.3 Å². The normalized spacial score (nSPS) is 27.7. The Balaban J connectivity index is 1.77. The maximum Gasteiger partial charge on any atom is 0.222 e. The number of amides is 1. The second-order valence-corrected chi connectivity index (χ2v) is 4.41. The summed E-state index contributed by atoms with van der Waals surface area (Å²) in [5.74, 6) is 0.871. The lowest BCUT2D eigenvalue weighted by Crippen LogP contribution is -2.34. The van der Waals surface area contributed by atoms with E-state index >= 15 is 0 Å². The predicted octanol–water partition coefficient (Wildman–Crippen LogP) is 0.235. The number of hydrogen-bond acceptors (Lipinski definition) is 3. The van der Waals surface area contributed by atoms with E-state index in [1.165, 1.54) is 0 Å². The number of hydrogen-bond donors (Lipinski definition) is 1. The van der Waals surface area contributed by atoms with Gasteiger partial charge < -0.3 is 15.0 Å². The molecule has 4 nitrogen and oxygen atoms in total. The third-order valence-corrected chi connectivity index (χ3v) is 3.20. The van der Waals surface area contributed by atoms with E-state index in [0.717, 1.165) is 45.6 Å². The van der Waals surface area contributed by atoms with Gasteiger partial charge in [-0.15, -0.1) is 0 Å². The van der Waals surface area contributed by atoms with Gasteiger partial charge in [0.1, 0.15) is 0 Å². The summed E-state index contributed by atoms with van der Waals surface area (Å²) in [5.41, 5.74) is 0. The minimum absolute atomic E-state index is 0.314. The van der Waals surface area contributed by atoms with E-state index in [0.29, 0.717) is 24.9 Å². The van der Waals surface area contributed by atoms with E-state index in [4.69, 9.17) is 4.74 Å². The van der Waals surface area contributed by atoms with Gasteiger partial charge in [0, 0.05) is 26.1 Å². The molecule has 2 rings (SSSR count). The van der Waals surface area contributed by atoms with Gasteiger partial charge in [-0.2, -0.15) is 0 Å². The molecule has 0 saturated carbocycles. The highest BCUT2D eigenvalue weighted by Crippen LogP contribution is 2.14. The molecule has 1 N–H and O–H groups in total. The summed E-state index contributed by atoms with van der Waals surface area (Å²) < 4.78 is 5.34. The molecule has 0 aliphatic carbocycles. The lowest BCUT2D eigenvalue weighted by atomic mass is 10.0. The highest BCUT2D eigenvalue weighted by molar-refractivity contribution is 5.76. The summed E-state index contributed by atoms with van der Waals surface area (Å²) in [6.45, 7) is 5.23. The minimum Gasteiger partial charge on any atom is -0.380 e. The first-order chi connectivity index (χ1) is 7.36. The second kappa shape index (κ2) is 5.47. The van der Waals surface area contributed by atoms with E-state index in [2.05, 4.69) is 5.32 Å². The van der Waals surface area contributed by atoms with Crippen molar-refractivity contribution in [2.24, 2.45) is 5.92 Å². The van der Waals surface area contributed by atoms with Crippen molar-refractivity contribution >= 4 is 5.91 Å². The maximum absolute atomic E-state index is 11.9. The molecule has 1 atom stereocenters. The Morgan fingerprint density at radius 3 is 3.13 bits per heavy atom. The Hall–Kier alpha value is -0.610. The average molecular weight is 212 g/mol. The molecule has 0 bridgehead atoms. The molecule has 2 aliphatic rings. The lowest BCUT2D eigenvalue weighted by Gasteiger charge is -2.21. The van der Waals surface area contributed by atoms with Gasteiger partial charge in [0.05, 0.1) is 6.61 Å². The summed E-state index contributed by atoms with van der Waals surface area (Å²) in [6.07, 6.45) is 2.84. The van der Waals surface area contributed by atoms with E-state index in [1.54, 1.807) is 0 Å². The Labute approximate surface area is 91.0 Å². The number of nitrogens with zero attached hydrogens (tertiary/aromatic N) is 1. The Morgan fingerprint density at radius 2 is 2.33 bits per heavy atom. The molecular formula is C11H20N2O2. The van der Waals surface area contributed by atoms with Crippen LogP contribution in [0, 0.1) is 5.92 Å². The number of ether oxygens (including phenoxy) is 1. The molecule has 0 aromatic rings. The van der Waals surface area contributed by atoms with E-state index < -0.39 is 0 Å². The van der Waals surface area contributed by atoms with Gasteiger partial charge in [-0.1, -0.05) is 0 Å². The number of carbonyl (C=O) groups excluding carboxylic acids is 1. The lowest BCUT2D eigenvalue weighted by molar-refractivity contribution is -0.132.